The van der Waals surface area contributed by atoms with Gasteiger partial charge in [-0.15, -0.1) is 0 Å². The smallest absolute Gasteiger partial charge is 0.404 e. The minimum absolute atomic E-state index is 0.00641. The lowest BCUT2D eigenvalue weighted by atomic mass is 9.86. The fourth-order valence-electron chi connectivity index (χ4n) is 3.03. The Bertz CT molecular complexity index is 822. The molecule has 26 heavy (non-hydrogen) atoms. The van der Waals surface area contributed by atoms with Crippen LogP contribution in [-0.2, 0) is 5.41 Å². The van der Waals surface area contributed by atoms with Gasteiger partial charge in [0.2, 0.25) is 0 Å². The van der Waals surface area contributed by atoms with Gasteiger partial charge in [0.15, 0.2) is 0 Å². The highest BCUT2D eigenvalue weighted by Gasteiger charge is 2.39. The molecule has 2 unspecified atom stereocenters. The first kappa shape index (κ1) is 18.0. The van der Waals surface area contributed by atoms with Gasteiger partial charge >= 0.3 is 6.09 Å². The van der Waals surface area contributed by atoms with E-state index in [1.807, 2.05) is 48.5 Å². The first-order valence-electron chi connectivity index (χ1n) is 8.75. The summed E-state index contributed by atoms with van der Waals surface area (Å²) < 4.78 is 0. The molecule has 0 aliphatic heterocycles. The molecule has 3 rings (SSSR count). The van der Waals surface area contributed by atoms with Crippen LogP contribution in [0.2, 0.25) is 0 Å². The lowest BCUT2D eigenvalue weighted by molar-refractivity contribution is 0.102. The second-order valence-corrected chi connectivity index (χ2v) is 7.81. The molecule has 1 aliphatic carbocycles. The molecule has 0 aromatic heterocycles. The Hall–Kier alpha value is -2.82. The highest BCUT2D eigenvalue weighted by Crippen LogP contribution is 2.41. The Morgan fingerprint density at radius 1 is 1.08 bits per heavy atom. The molecule has 2 aromatic carbocycles. The average Bonchev–Trinajstić information content (AvgIpc) is 3.33. The van der Waals surface area contributed by atoms with E-state index in [1.54, 1.807) is 0 Å². The monoisotopic (exact) mass is 352 g/mol. The van der Waals surface area contributed by atoms with Gasteiger partial charge < -0.3 is 15.7 Å². The van der Waals surface area contributed by atoms with Crippen molar-refractivity contribution in [2.75, 3.05) is 5.32 Å². The van der Waals surface area contributed by atoms with Crippen molar-refractivity contribution in [3.8, 4) is 0 Å². The summed E-state index contributed by atoms with van der Waals surface area (Å²) in [5, 5.41) is 14.2. The Labute approximate surface area is 153 Å². The van der Waals surface area contributed by atoms with Gasteiger partial charge in [0.1, 0.15) is 0 Å². The molecule has 1 saturated carbocycles. The molecule has 3 N–H and O–H groups in total. The first-order valence-corrected chi connectivity index (χ1v) is 8.75. The highest BCUT2D eigenvalue weighted by molar-refractivity contribution is 6.04. The van der Waals surface area contributed by atoms with Crippen molar-refractivity contribution in [2.45, 2.75) is 44.6 Å². The summed E-state index contributed by atoms with van der Waals surface area (Å²) in [5.74, 6) is 0.0833. The fraction of sp³-hybridized carbons (Fsp3) is 0.333. The zero-order valence-corrected chi connectivity index (χ0v) is 15.2. The predicted molar refractivity (Wildman–Crippen MR) is 102 cm³/mol. The summed E-state index contributed by atoms with van der Waals surface area (Å²) in [6.07, 6.45) is -0.170. The van der Waals surface area contributed by atoms with Crippen molar-refractivity contribution >= 4 is 17.7 Å². The molecular formula is C21H24N2O3. The number of anilines is 1. The SMILES string of the molecule is CC(C)(C)c1cccc(C(=O)Nc2ccc(C3CC3NC(=O)O)cc2)c1. The van der Waals surface area contributed by atoms with Crippen molar-refractivity contribution in [2.24, 2.45) is 0 Å². The zero-order chi connectivity index (χ0) is 18.9. The van der Waals surface area contributed by atoms with Crippen molar-refractivity contribution in [3.05, 3.63) is 65.2 Å². The molecule has 0 bridgehead atoms. The van der Waals surface area contributed by atoms with Crippen LogP contribution in [0.1, 0.15) is 54.6 Å². The van der Waals surface area contributed by atoms with E-state index in [0.29, 0.717) is 5.56 Å². The normalized spacial score (nSPS) is 18.9. The Morgan fingerprint density at radius 3 is 2.38 bits per heavy atom. The van der Waals surface area contributed by atoms with Crippen molar-refractivity contribution < 1.29 is 14.7 Å². The third-order valence-electron chi connectivity index (χ3n) is 4.69. The number of carboxylic acid groups (broad SMARTS) is 1. The molecule has 2 atom stereocenters. The van der Waals surface area contributed by atoms with Crippen molar-refractivity contribution in [3.63, 3.8) is 0 Å². The molecule has 5 nitrogen and oxygen atoms in total. The Kier molecular flexibility index (Phi) is 4.72. The Morgan fingerprint density at radius 2 is 1.77 bits per heavy atom. The maximum Gasteiger partial charge on any atom is 0.404 e. The third-order valence-corrected chi connectivity index (χ3v) is 4.69. The summed E-state index contributed by atoms with van der Waals surface area (Å²) in [7, 11) is 0. The van der Waals surface area contributed by atoms with Crippen molar-refractivity contribution in [1.29, 1.82) is 0 Å². The topological polar surface area (TPSA) is 78.4 Å². The highest BCUT2D eigenvalue weighted by atomic mass is 16.4. The largest absolute Gasteiger partial charge is 0.465 e. The number of hydrogen-bond donors (Lipinski definition) is 3. The quantitative estimate of drug-likeness (QED) is 0.765. The molecule has 136 valence electrons. The average molecular weight is 352 g/mol. The standard InChI is InChI=1S/C21H24N2O3/c1-21(2,3)15-6-4-5-14(11-15)19(24)22-16-9-7-13(8-10-16)17-12-18(17)23-20(25)26/h4-11,17-18,23H,12H2,1-3H3,(H,22,24)(H,25,26). The van der Waals surface area contributed by atoms with Crippen LogP contribution in [0.4, 0.5) is 10.5 Å². The second kappa shape index (κ2) is 6.83. The number of benzene rings is 2. The molecular weight excluding hydrogens is 328 g/mol. The van der Waals surface area contributed by atoms with E-state index < -0.39 is 6.09 Å². The van der Waals surface area contributed by atoms with Crippen molar-refractivity contribution in [1.82, 2.24) is 5.32 Å². The number of carbonyl (C=O) groups is 2. The van der Waals surface area contributed by atoms with Crippen LogP contribution in [0.3, 0.4) is 0 Å². The summed E-state index contributed by atoms with van der Waals surface area (Å²) in [6.45, 7) is 6.35. The first-order chi connectivity index (χ1) is 12.2. The number of nitrogens with one attached hydrogen (secondary N) is 2. The van der Waals surface area contributed by atoms with E-state index in [4.69, 9.17) is 5.11 Å². The van der Waals surface area contributed by atoms with Gasteiger partial charge in [-0.2, -0.15) is 0 Å². The zero-order valence-electron chi connectivity index (χ0n) is 15.2. The van der Waals surface area contributed by atoms with Crippen LogP contribution in [0, 0.1) is 0 Å². The van der Waals surface area contributed by atoms with Gasteiger partial charge in [0.05, 0.1) is 0 Å². The Balaban J connectivity index is 1.64. The van der Waals surface area contributed by atoms with Gasteiger partial charge in [-0.3, -0.25) is 4.79 Å². The number of hydrogen-bond acceptors (Lipinski definition) is 2. The summed E-state index contributed by atoms with van der Waals surface area (Å²) in [4.78, 5) is 23.2. The number of rotatable bonds is 4. The van der Waals surface area contributed by atoms with E-state index in [-0.39, 0.29) is 23.3 Å². The third kappa shape index (κ3) is 4.23. The van der Waals surface area contributed by atoms with Gasteiger partial charge in [0, 0.05) is 23.2 Å². The minimum Gasteiger partial charge on any atom is -0.465 e. The van der Waals surface area contributed by atoms with Crippen LogP contribution < -0.4 is 10.6 Å². The lowest BCUT2D eigenvalue weighted by Crippen LogP contribution is -2.24. The van der Waals surface area contributed by atoms with Gasteiger partial charge in [-0.05, 0) is 47.2 Å². The van der Waals surface area contributed by atoms with Crippen LogP contribution in [0.15, 0.2) is 48.5 Å². The maximum atomic E-state index is 12.5. The van der Waals surface area contributed by atoms with Crippen LogP contribution in [0.5, 0.6) is 0 Å². The lowest BCUT2D eigenvalue weighted by Gasteiger charge is -2.19. The predicted octanol–water partition coefficient (Wildman–Crippen LogP) is 4.36. The summed E-state index contributed by atoms with van der Waals surface area (Å²) in [6, 6.07) is 15.3. The van der Waals surface area contributed by atoms with Crippen LogP contribution in [-0.4, -0.2) is 23.1 Å². The number of carbonyl (C=O) groups excluding carboxylic acids is 1. The second-order valence-electron chi connectivity index (χ2n) is 7.81. The van der Waals surface area contributed by atoms with E-state index in [9.17, 15) is 9.59 Å². The molecule has 1 aliphatic rings. The molecule has 2 aromatic rings. The summed E-state index contributed by atoms with van der Waals surface area (Å²) in [5.41, 5.74) is 3.54. The van der Waals surface area contributed by atoms with E-state index in [0.717, 1.165) is 23.2 Å². The van der Waals surface area contributed by atoms with Gasteiger partial charge in [-0.1, -0.05) is 45.0 Å². The molecule has 5 heteroatoms. The number of amides is 2. The molecule has 0 heterocycles. The molecule has 1 fully saturated rings. The maximum absolute atomic E-state index is 12.5. The van der Waals surface area contributed by atoms with Crippen LogP contribution >= 0.6 is 0 Å². The van der Waals surface area contributed by atoms with Gasteiger partial charge in [-0.25, -0.2) is 4.79 Å². The van der Waals surface area contributed by atoms with E-state index >= 15 is 0 Å². The fourth-order valence-corrected chi connectivity index (χ4v) is 3.03. The molecule has 2 amide bonds. The van der Waals surface area contributed by atoms with Gasteiger partial charge in [0.25, 0.3) is 5.91 Å². The minimum atomic E-state index is -0.987. The molecule has 0 saturated heterocycles. The van der Waals surface area contributed by atoms with E-state index in [1.165, 1.54) is 0 Å². The van der Waals surface area contributed by atoms with E-state index in [2.05, 4.69) is 31.4 Å². The molecule has 0 spiro atoms. The molecule has 0 radical (unpaired) electrons. The summed E-state index contributed by atoms with van der Waals surface area (Å²) >= 11 is 0. The van der Waals surface area contributed by atoms with Crippen LogP contribution in [0.25, 0.3) is 0 Å².